The third-order valence-corrected chi connectivity index (χ3v) is 4.11. The van der Waals surface area contributed by atoms with Crippen LogP contribution in [0, 0.1) is 5.41 Å². The van der Waals surface area contributed by atoms with Crippen molar-refractivity contribution >= 4 is 11.6 Å². The van der Waals surface area contributed by atoms with Crippen LogP contribution in [-0.2, 0) is 11.2 Å². The summed E-state index contributed by atoms with van der Waals surface area (Å²) in [4.78, 5) is 18.6. The number of nitrogens with one attached hydrogen (secondary N) is 1. The van der Waals surface area contributed by atoms with Gasteiger partial charge < -0.3 is 10.2 Å². The molecular formula is C13H17N3O. The molecule has 3 rings (SSSR count). The number of hydrogen-bond donors (Lipinski definition) is 1. The molecule has 1 N–H and O–H groups in total. The van der Waals surface area contributed by atoms with Crippen LogP contribution >= 0.6 is 0 Å². The Labute approximate surface area is 101 Å². The molecule has 1 amide bonds. The lowest BCUT2D eigenvalue weighted by Gasteiger charge is -2.42. The van der Waals surface area contributed by atoms with Gasteiger partial charge in [0, 0.05) is 6.20 Å². The summed E-state index contributed by atoms with van der Waals surface area (Å²) in [5.74, 6) is 0.186. The number of carbonyl (C=O) groups is 1. The van der Waals surface area contributed by atoms with Crippen molar-refractivity contribution in [2.75, 3.05) is 25.5 Å². The number of piperidine rings is 1. The summed E-state index contributed by atoms with van der Waals surface area (Å²) in [5, 5.41) is 3.02. The number of likely N-dealkylation sites (tertiary alicyclic amines) is 1. The molecule has 0 bridgehead atoms. The van der Waals surface area contributed by atoms with Crippen molar-refractivity contribution in [2.45, 2.75) is 19.3 Å². The zero-order valence-electron chi connectivity index (χ0n) is 10.1. The summed E-state index contributed by atoms with van der Waals surface area (Å²) in [7, 11) is 2.12. The number of anilines is 1. The number of amides is 1. The molecule has 0 saturated carbocycles. The average molecular weight is 231 g/mol. The zero-order chi connectivity index (χ0) is 11.9. The SMILES string of the molecule is CN1CCC2(CC1)Cc1ccncc1NC2=O. The number of nitrogens with zero attached hydrogens (tertiary/aromatic N) is 2. The quantitative estimate of drug-likeness (QED) is 0.731. The van der Waals surface area contributed by atoms with Crippen LogP contribution < -0.4 is 5.32 Å². The van der Waals surface area contributed by atoms with Gasteiger partial charge >= 0.3 is 0 Å². The van der Waals surface area contributed by atoms with Crippen molar-refractivity contribution in [3.8, 4) is 0 Å². The van der Waals surface area contributed by atoms with Gasteiger partial charge in [-0.2, -0.15) is 0 Å². The van der Waals surface area contributed by atoms with Crippen molar-refractivity contribution in [2.24, 2.45) is 5.41 Å². The Morgan fingerprint density at radius 3 is 2.94 bits per heavy atom. The number of fused-ring (bicyclic) bond motifs is 1. The van der Waals surface area contributed by atoms with Gasteiger partial charge in [-0.15, -0.1) is 0 Å². The number of pyridine rings is 1. The van der Waals surface area contributed by atoms with Crippen LogP contribution in [0.15, 0.2) is 18.5 Å². The van der Waals surface area contributed by atoms with E-state index in [1.165, 1.54) is 5.56 Å². The van der Waals surface area contributed by atoms with E-state index >= 15 is 0 Å². The highest BCUT2D eigenvalue weighted by Crippen LogP contribution is 2.40. The number of rotatable bonds is 0. The minimum Gasteiger partial charge on any atom is -0.324 e. The predicted molar refractivity (Wildman–Crippen MR) is 65.7 cm³/mol. The Kier molecular flexibility index (Phi) is 2.40. The largest absolute Gasteiger partial charge is 0.324 e. The molecule has 1 aromatic heterocycles. The van der Waals surface area contributed by atoms with Crippen LogP contribution in [0.3, 0.4) is 0 Å². The highest BCUT2D eigenvalue weighted by molar-refractivity contribution is 5.98. The van der Waals surface area contributed by atoms with E-state index in [0.29, 0.717) is 0 Å². The summed E-state index contributed by atoms with van der Waals surface area (Å²) in [6.45, 7) is 2.02. The molecule has 0 atom stereocenters. The van der Waals surface area contributed by atoms with E-state index in [1.807, 2.05) is 6.07 Å². The van der Waals surface area contributed by atoms with Gasteiger partial charge in [0.25, 0.3) is 0 Å². The second kappa shape index (κ2) is 3.81. The van der Waals surface area contributed by atoms with E-state index in [-0.39, 0.29) is 11.3 Å². The molecule has 3 heterocycles. The molecule has 0 aromatic carbocycles. The molecule has 1 fully saturated rings. The Morgan fingerprint density at radius 1 is 1.41 bits per heavy atom. The fraction of sp³-hybridized carbons (Fsp3) is 0.538. The van der Waals surface area contributed by atoms with E-state index in [2.05, 4.69) is 22.2 Å². The first kappa shape index (κ1) is 10.7. The standard InChI is InChI=1S/C13H17N3O/c1-16-6-3-13(4-7-16)8-10-2-5-14-9-11(10)15-12(13)17/h2,5,9H,3-4,6-8H2,1H3,(H,15,17). The van der Waals surface area contributed by atoms with Crippen LogP contribution in [0.2, 0.25) is 0 Å². The zero-order valence-corrected chi connectivity index (χ0v) is 10.1. The van der Waals surface area contributed by atoms with Gasteiger partial charge in [0.15, 0.2) is 0 Å². The maximum atomic E-state index is 12.3. The molecule has 4 heteroatoms. The van der Waals surface area contributed by atoms with Crippen molar-refractivity contribution in [3.05, 3.63) is 24.0 Å². The molecule has 1 spiro atoms. The van der Waals surface area contributed by atoms with Gasteiger partial charge in [0.2, 0.25) is 5.91 Å². The minimum atomic E-state index is -0.180. The summed E-state index contributed by atoms with van der Waals surface area (Å²) in [6.07, 6.45) is 6.33. The van der Waals surface area contributed by atoms with Gasteiger partial charge in [0.1, 0.15) is 0 Å². The Balaban J connectivity index is 1.91. The van der Waals surface area contributed by atoms with Gasteiger partial charge in [-0.25, -0.2) is 0 Å². The first-order valence-corrected chi connectivity index (χ1v) is 6.13. The number of carbonyl (C=O) groups excluding carboxylic acids is 1. The Hall–Kier alpha value is -1.42. The molecule has 90 valence electrons. The minimum absolute atomic E-state index is 0.180. The highest BCUT2D eigenvalue weighted by Gasteiger charge is 2.43. The molecular weight excluding hydrogens is 214 g/mol. The maximum Gasteiger partial charge on any atom is 0.231 e. The van der Waals surface area contributed by atoms with E-state index in [1.54, 1.807) is 12.4 Å². The molecule has 2 aliphatic heterocycles. The molecule has 1 saturated heterocycles. The van der Waals surface area contributed by atoms with Gasteiger partial charge in [-0.05, 0) is 51.0 Å². The summed E-state index contributed by atoms with van der Waals surface area (Å²) in [5.41, 5.74) is 1.94. The number of hydrogen-bond acceptors (Lipinski definition) is 3. The molecule has 0 aliphatic carbocycles. The molecule has 4 nitrogen and oxygen atoms in total. The van der Waals surface area contributed by atoms with Crippen molar-refractivity contribution in [1.29, 1.82) is 0 Å². The predicted octanol–water partition coefficient (Wildman–Crippen LogP) is 1.29. The lowest BCUT2D eigenvalue weighted by atomic mass is 9.71. The maximum absolute atomic E-state index is 12.3. The van der Waals surface area contributed by atoms with Gasteiger partial charge in [0.05, 0.1) is 17.3 Å². The monoisotopic (exact) mass is 231 g/mol. The van der Waals surface area contributed by atoms with Crippen molar-refractivity contribution < 1.29 is 4.79 Å². The van der Waals surface area contributed by atoms with Crippen LogP contribution in [-0.4, -0.2) is 35.9 Å². The van der Waals surface area contributed by atoms with Gasteiger partial charge in [-0.3, -0.25) is 9.78 Å². The molecule has 0 unspecified atom stereocenters. The second-order valence-corrected chi connectivity index (χ2v) is 5.25. The van der Waals surface area contributed by atoms with E-state index in [0.717, 1.165) is 38.0 Å². The second-order valence-electron chi connectivity index (χ2n) is 5.25. The van der Waals surface area contributed by atoms with Crippen LogP contribution in [0.1, 0.15) is 18.4 Å². The van der Waals surface area contributed by atoms with Crippen LogP contribution in [0.5, 0.6) is 0 Å². The summed E-state index contributed by atoms with van der Waals surface area (Å²) >= 11 is 0. The topological polar surface area (TPSA) is 45.2 Å². The molecule has 2 aliphatic rings. The lowest BCUT2D eigenvalue weighted by Crippen LogP contribution is -2.48. The smallest absolute Gasteiger partial charge is 0.231 e. The molecule has 0 radical (unpaired) electrons. The highest BCUT2D eigenvalue weighted by atomic mass is 16.2. The first-order chi connectivity index (χ1) is 8.20. The van der Waals surface area contributed by atoms with Crippen LogP contribution in [0.4, 0.5) is 5.69 Å². The lowest BCUT2D eigenvalue weighted by molar-refractivity contribution is -0.128. The van der Waals surface area contributed by atoms with Crippen LogP contribution in [0.25, 0.3) is 0 Å². The fourth-order valence-corrected chi connectivity index (χ4v) is 2.84. The summed E-state index contributed by atoms with van der Waals surface area (Å²) in [6, 6.07) is 2.02. The third-order valence-electron chi connectivity index (χ3n) is 4.11. The van der Waals surface area contributed by atoms with E-state index in [9.17, 15) is 4.79 Å². The van der Waals surface area contributed by atoms with Crippen molar-refractivity contribution in [1.82, 2.24) is 9.88 Å². The normalized spacial score (nSPS) is 23.2. The average Bonchev–Trinajstić information content (AvgIpc) is 2.34. The van der Waals surface area contributed by atoms with E-state index in [4.69, 9.17) is 0 Å². The summed E-state index contributed by atoms with van der Waals surface area (Å²) < 4.78 is 0. The molecule has 17 heavy (non-hydrogen) atoms. The van der Waals surface area contributed by atoms with Gasteiger partial charge in [-0.1, -0.05) is 0 Å². The Morgan fingerprint density at radius 2 is 2.18 bits per heavy atom. The van der Waals surface area contributed by atoms with E-state index < -0.39 is 0 Å². The van der Waals surface area contributed by atoms with Crippen molar-refractivity contribution in [3.63, 3.8) is 0 Å². The molecule has 1 aromatic rings. The number of aromatic nitrogens is 1. The third kappa shape index (κ3) is 1.72. The first-order valence-electron chi connectivity index (χ1n) is 6.13. The Bertz CT molecular complexity index is 450. The fourth-order valence-electron chi connectivity index (χ4n) is 2.84.